The number of pyridine rings is 1. The zero-order valence-electron chi connectivity index (χ0n) is 18.1. The highest BCUT2D eigenvalue weighted by atomic mass is 35.5. The van der Waals surface area contributed by atoms with Gasteiger partial charge in [0, 0.05) is 48.0 Å². The lowest BCUT2D eigenvalue weighted by Gasteiger charge is -2.36. The van der Waals surface area contributed by atoms with Crippen LogP contribution in [0, 0.1) is 0 Å². The van der Waals surface area contributed by atoms with Crippen molar-refractivity contribution in [1.29, 1.82) is 0 Å². The Morgan fingerprint density at radius 3 is 2.67 bits per heavy atom. The van der Waals surface area contributed by atoms with Gasteiger partial charge in [-0.05, 0) is 61.6 Å². The van der Waals surface area contributed by atoms with Crippen molar-refractivity contribution in [3.8, 4) is 0 Å². The van der Waals surface area contributed by atoms with Gasteiger partial charge in [-0.15, -0.1) is 11.3 Å². The summed E-state index contributed by atoms with van der Waals surface area (Å²) in [4.78, 5) is 37.6. The van der Waals surface area contributed by atoms with Gasteiger partial charge in [0.25, 0.3) is 11.5 Å². The smallest absolute Gasteiger partial charge is 0.266 e. The first-order chi connectivity index (χ1) is 16.1. The Balaban J connectivity index is 1.28. The molecule has 1 fully saturated rings. The third kappa shape index (κ3) is 3.60. The lowest BCUT2D eigenvalue weighted by atomic mass is 9.97. The van der Waals surface area contributed by atoms with E-state index in [4.69, 9.17) is 16.6 Å². The molecule has 6 rings (SSSR count). The van der Waals surface area contributed by atoms with Gasteiger partial charge in [-0.25, -0.2) is 4.98 Å². The van der Waals surface area contributed by atoms with Gasteiger partial charge in [-0.3, -0.25) is 14.0 Å². The Labute approximate surface area is 200 Å². The van der Waals surface area contributed by atoms with Gasteiger partial charge in [0.05, 0.1) is 10.9 Å². The summed E-state index contributed by atoms with van der Waals surface area (Å²) in [6.45, 7) is 2.72. The third-order valence-electron chi connectivity index (χ3n) is 6.72. The van der Waals surface area contributed by atoms with Crippen molar-refractivity contribution >= 4 is 50.4 Å². The molecular formula is C25H23ClN4O2S. The summed E-state index contributed by atoms with van der Waals surface area (Å²) in [6, 6.07) is 11.4. The number of piperazine rings is 1. The van der Waals surface area contributed by atoms with Crippen LogP contribution in [-0.2, 0) is 12.8 Å². The first-order valence-electron chi connectivity index (χ1n) is 11.3. The molecule has 0 saturated carbocycles. The summed E-state index contributed by atoms with van der Waals surface area (Å²) < 4.78 is 1.55. The van der Waals surface area contributed by atoms with Crippen molar-refractivity contribution in [2.75, 3.05) is 31.1 Å². The standard InChI is InChI=1S/C25H23ClN4O2S/c26-17-4-3-5-18(14-17)28-10-12-29(13-11-28)24(31)16-8-9-21-27-23-22(25(32)30(21)15-16)19-6-1-2-7-20(19)33-23/h3-5,8-9,14-15H,1-2,6-7,10-13H2. The number of aromatic nitrogens is 2. The second-order valence-corrected chi connectivity index (χ2v) is 10.2. The second-order valence-electron chi connectivity index (χ2n) is 8.71. The van der Waals surface area contributed by atoms with E-state index >= 15 is 0 Å². The van der Waals surface area contributed by atoms with E-state index in [1.54, 1.807) is 34.1 Å². The summed E-state index contributed by atoms with van der Waals surface area (Å²) in [5.74, 6) is -0.0537. The van der Waals surface area contributed by atoms with Crippen molar-refractivity contribution in [2.24, 2.45) is 0 Å². The number of carbonyl (C=O) groups is 1. The molecule has 6 nitrogen and oxygen atoms in total. The molecule has 3 aromatic heterocycles. The van der Waals surface area contributed by atoms with E-state index in [-0.39, 0.29) is 11.5 Å². The van der Waals surface area contributed by atoms with Gasteiger partial charge < -0.3 is 9.80 Å². The number of fused-ring (bicyclic) bond motifs is 4. The number of nitrogens with zero attached hydrogens (tertiary/aromatic N) is 4. The molecular weight excluding hydrogens is 456 g/mol. The minimum absolute atomic E-state index is 0.0537. The molecule has 0 atom stereocenters. The molecule has 0 bridgehead atoms. The quantitative estimate of drug-likeness (QED) is 0.428. The Morgan fingerprint density at radius 2 is 1.85 bits per heavy atom. The van der Waals surface area contributed by atoms with Crippen molar-refractivity contribution in [3.63, 3.8) is 0 Å². The fourth-order valence-corrected chi connectivity index (χ4v) is 6.41. The molecule has 1 aliphatic carbocycles. The first-order valence-corrected chi connectivity index (χ1v) is 12.5. The van der Waals surface area contributed by atoms with Crippen molar-refractivity contribution in [3.05, 3.63) is 74.0 Å². The average Bonchev–Trinajstić information content (AvgIpc) is 3.22. The van der Waals surface area contributed by atoms with Crippen LogP contribution < -0.4 is 10.5 Å². The number of halogens is 1. The maximum Gasteiger partial charge on any atom is 0.266 e. The van der Waals surface area contributed by atoms with Crippen LogP contribution in [0.15, 0.2) is 47.4 Å². The molecule has 168 valence electrons. The maximum absolute atomic E-state index is 13.4. The minimum atomic E-state index is -0.0603. The van der Waals surface area contributed by atoms with E-state index in [1.807, 2.05) is 29.2 Å². The minimum Gasteiger partial charge on any atom is -0.368 e. The normalized spacial score (nSPS) is 16.4. The number of hydrogen-bond acceptors (Lipinski definition) is 5. The second kappa shape index (κ2) is 8.15. The Hall–Kier alpha value is -2.90. The van der Waals surface area contributed by atoms with Crippen LogP contribution in [0.25, 0.3) is 15.9 Å². The molecule has 1 saturated heterocycles. The van der Waals surface area contributed by atoms with Crippen LogP contribution in [-0.4, -0.2) is 46.4 Å². The Kier molecular flexibility index (Phi) is 5.11. The fourth-order valence-electron chi connectivity index (χ4n) is 4.97. The molecule has 0 spiro atoms. The summed E-state index contributed by atoms with van der Waals surface area (Å²) in [5, 5.41) is 1.45. The van der Waals surface area contributed by atoms with Crippen LogP contribution in [0.2, 0.25) is 5.02 Å². The van der Waals surface area contributed by atoms with E-state index in [1.165, 1.54) is 16.9 Å². The highest BCUT2D eigenvalue weighted by Crippen LogP contribution is 2.34. The van der Waals surface area contributed by atoms with Gasteiger partial charge in [-0.1, -0.05) is 17.7 Å². The number of aryl methyl sites for hydroxylation is 2. The molecule has 0 unspecified atom stereocenters. The van der Waals surface area contributed by atoms with E-state index < -0.39 is 0 Å². The maximum atomic E-state index is 13.4. The summed E-state index contributed by atoms with van der Waals surface area (Å²) in [5.41, 5.74) is 3.29. The van der Waals surface area contributed by atoms with Crippen molar-refractivity contribution in [2.45, 2.75) is 25.7 Å². The van der Waals surface area contributed by atoms with E-state index in [2.05, 4.69) is 4.90 Å². The van der Waals surface area contributed by atoms with Gasteiger partial charge in [0.2, 0.25) is 0 Å². The zero-order valence-corrected chi connectivity index (χ0v) is 19.7. The van der Waals surface area contributed by atoms with Gasteiger partial charge in [0.1, 0.15) is 10.5 Å². The number of carbonyl (C=O) groups excluding carboxylic acids is 1. The zero-order chi connectivity index (χ0) is 22.5. The van der Waals surface area contributed by atoms with E-state index in [0.717, 1.165) is 48.3 Å². The number of rotatable bonds is 2. The van der Waals surface area contributed by atoms with Crippen LogP contribution in [0.5, 0.6) is 0 Å². The number of thiophene rings is 1. The molecule has 1 aliphatic heterocycles. The van der Waals surface area contributed by atoms with Crippen LogP contribution in [0.1, 0.15) is 33.6 Å². The SMILES string of the molecule is O=C(c1ccc2nc3sc4c(c3c(=O)n2c1)CCCC4)N1CCN(c2cccc(Cl)c2)CC1. The van der Waals surface area contributed by atoms with Crippen LogP contribution in [0.3, 0.4) is 0 Å². The number of benzene rings is 1. The lowest BCUT2D eigenvalue weighted by Crippen LogP contribution is -2.48. The Morgan fingerprint density at radius 1 is 1.03 bits per heavy atom. The number of amides is 1. The van der Waals surface area contributed by atoms with Gasteiger partial charge in [-0.2, -0.15) is 0 Å². The van der Waals surface area contributed by atoms with Crippen LogP contribution in [0.4, 0.5) is 5.69 Å². The topological polar surface area (TPSA) is 57.9 Å². The summed E-state index contributed by atoms with van der Waals surface area (Å²) in [7, 11) is 0. The molecule has 4 aromatic rings. The van der Waals surface area contributed by atoms with Gasteiger partial charge in [0.15, 0.2) is 0 Å². The lowest BCUT2D eigenvalue weighted by molar-refractivity contribution is 0.0746. The average molecular weight is 479 g/mol. The molecule has 1 aromatic carbocycles. The number of anilines is 1. The van der Waals surface area contributed by atoms with Crippen LogP contribution >= 0.6 is 22.9 Å². The number of hydrogen-bond donors (Lipinski definition) is 0. The molecule has 0 N–H and O–H groups in total. The predicted molar refractivity (Wildman–Crippen MR) is 133 cm³/mol. The van der Waals surface area contributed by atoms with Crippen molar-refractivity contribution in [1.82, 2.24) is 14.3 Å². The molecule has 33 heavy (non-hydrogen) atoms. The molecule has 4 heterocycles. The molecule has 2 aliphatic rings. The molecule has 0 radical (unpaired) electrons. The monoisotopic (exact) mass is 478 g/mol. The van der Waals surface area contributed by atoms with Gasteiger partial charge >= 0.3 is 0 Å². The summed E-state index contributed by atoms with van der Waals surface area (Å²) in [6.07, 6.45) is 5.92. The largest absolute Gasteiger partial charge is 0.368 e. The third-order valence-corrected chi connectivity index (χ3v) is 8.14. The first kappa shape index (κ1) is 20.7. The van der Waals surface area contributed by atoms with E-state index in [9.17, 15) is 9.59 Å². The predicted octanol–water partition coefficient (Wildman–Crippen LogP) is 4.40. The fraction of sp³-hybridized carbons (Fsp3) is 0.320. The van der Waals surface area contributed by atoms with E-state index in [0.29, 0.717) is 29.3 Å². The summed E-state index contributed by atoms with van der Waals surface area (Å²) >= 11 is 7.78. The molecule has 8 heteroatoms. The molecule has 1 amide bonds. The Bertz CT molecular complexity index is 1450. The highest BCUT2D eigenvalue weighted by molar-refractivity contribution is 7.18. The van der Waals surface area contributed by atoms with Crippen molar-refractivity contribution < 1.29 is 4.79 Å². The highest BCUT2D eigenvalue weighted by Gasteiger charge is 2.24.